The van der Waals surface area contributed by atoms with Gasteiger partial charge in [-0.1, -0.05) is 20.8 Å². The van der Waals surface area contributed by atoms with Crippen molar-refractivity contribution in [3.05, 3.63) is 0 Å². The van der Waals surface area contributed by atoms with Crippen molar-refractivity contribution in [3.63, 3.8) is 0 Å². The molecule has 2 aliphatic heterocycles. The first kappa shape index (κ1) is 17.3. The zero-order valence-electron chi connectivity index (χ0n) is 14.1. The van der Waals surface area contributed by atoms with E-state index in [1.807, 2.05) is 23.6 Å². The molecule has 4 nitrogen and oxygen atoms in total. The number of urea groups is 1. The summed E-state index contributed by atoms with van der Waals surface area (Å²) in [5, 5.41) is 0. The molecule has 20 heavy (non-hydrogen) atoms. The number of hydrogen-bond donors (Lipinski definition) is 0. The van der Waals surface area contributed by atoms with Crippen molar-refractivity contribution in [2.75, 3.05) is 39.3 Å². The molecule has 0 spiro atoms. The molecular formula is C16H33N3O. The van der Waals surface area contributed by atoms with E-state index in [0.29, 0.717) is 6.04 Å². The Kier molecular flexibility index (Phi) is 7.35. The van der Waals surface area contributed by atoms with Crippen molar-refractivity contribution in [2.45, 2.75) is 53.5 Å². The summed E-state index contributed by atoms with van der Waals surface area (Å²) in [5.41, 5.74) is 0. The van der Waals surface area contributed by atoms with Crippen LogP contribution in [0.2, 0.25) is 0 Å². The summed E-state index contributed by atoms with van der Waals surface area (Å²) in [5.74, 6) is 0.784. The minimum absolute atomic E-state index is 0.269. The van der Waals surface area contributed by atoms with Crippen LogP contribution >= 0.6 is 0 Å². The van der Waals surface area contributed by atoms with Gasteiger partial charge in [0, 0.05) is 45.3 Å². The fraction of sp³-hybridized carbons (Fsp3) is 0.938. The predicted molar refractivity (Wildman–Crippen MR) is 85.0 cm³/mol. The highest BCUT2D eigenvalue weighted by Gasteiger charge is 2.27. The Morgan fingerprint density at radius 1 is 0.900 bits per heavy atom. The number of rotatable bonds is 1. The van der Waals surface area contributed by atoms with Gasteiger partial charge in [-0.2, -0.15) is 0 Å². The molecule has 0 radical (unpaired) electrons. The van der Waals surface area contributed by atoms with Crippen molar-refractivity contribution in [1.82, 2.24) is 14.7 Å². The van der Waals surface area contributed by atoms with E-state index in [0.717, 1.165) is 58.0 Å². The molecule has 0 aromatic carbocycles. The van der Waals surface area contributed by atoms with E-state index in [-0.39, 0.29) is 6.03 Å². The number of amides is 2. The smallest absolute Gasteiger partial charge is 0.320 e. The zero-order chi connectivity index (χ0) is 15.1. The molecule has 2 fully saturated rings. The Morgan fingerprint density at radius 2 is 1.35 bits per heavy atom. The summed E-state index contributed by atoms with van der Waals surface area (Å²) < 4.78 is 0. The Morgan fingerprint density at radius 3 is 1.80 bits per heavy atom. The lowest BCUT2D eigenvalue weighted by Gasteiger charge is -2.40. The van der Waals surface area contributed by atoms with E-state index in [4.69, 9.17) is 0 Å². The highest BCUT2D eigenvalue weighted by Crippen LogP contribution is 2.18. The van der Waals surface area contributed by atoms with Crippen LogP contribution in [0.1, 0.15) is 47.5 Å². The average Bonchev–Trinajstić information content (AvgIpc) is 2.49. The second-order valence-corrected chi connectivity index (χ2v) is 6.07. The number of carbonyl (C=O) groups is 1. The van der Waals surface area contributed by atoms with Gasteiger partial charge in [0.1, 0.15) is 0 Å². The van der Waals surface area contributed by atoms with Gasteiger partial charge < -0.3 is 9.80 Å². The van der Waals surface area contributed by atoms with Gasteiger partial charge in [-0.3, -0.25) is 4.90 Å². The van der Waals surface area contributed by atoms with Crippen molar-refractivity contribution >= 4 is 6.03 Å². The summed E-state index contributed by atoms with van der Waals surface area (Å²) in [6, 6.07) is 0.864. The molecule has 0 aromatic rings. The summed E-state index contributed by atoms with van der Waals surface area (Å²) in [7, 11) is 0. The fourth-order valence-corrected chi connectivity index (χ4v) is 2.83. The lowest BCUT2D eigenvalue weighted by molar-refractivity contribution is 0.0911. The molecule has 4 heteroatoms. The van der Waals surface area contributed by atoms with Crippen LogP contribution in [0.25, 0.3) is 0 Å². The van der Waals surface area contributed by atoms with Gasteiger partial charge in [0.2, 0.25) is 0 Å². The summed E-state index contributed by atoms with van der Waals surface area (Å²) in [4.78, 5) is 18.9. The van der Waals surface area contributed by atoms with Gasteiger partial charge in [0.25, 0.3) is 0 Å². The van der Waals surface area contributed by atoms with Gasteiger partial charge in [0.15, 0.2) is 0 Å². The van der Waals surface area contributed by atoms with Crippen LogP contribution in [-0.4, -0.2) is 66.0 Å². The second-order valence-electron chi connectivity index (χ2n) is 6.07. The number of piperazine rings is 1. The molecule has 0 saturated carbocycles. The molecule has 0 N–H and O–H groups in total. The normalized spacial score (nSPS) is 21.7. The first-order chi connectivity index (χ1) is 9.58. The molecule has 0 atom stereocenters. The molecule has 2 rings (SSSR count). The lowest BCUT2D eigenvalue weighted by Crippen LogP contribution is -2.55. The van der Waals surface area contributed by atoms with Crippen LogP contribution in [0.5, 0.6) is 0 Å². The van der Waals surface area contributed by atoms with E-state index in [2.05, 4.69) is 25.7 Å². The predicted octanol–water partition coefficient (Wildman–Crippen LogP) is 2.89. The molecule has 2 saturated heterocycles. The first-order valence-electron chi connectivity index (χ1n) is 8.36. The van der Waals surface area contributed by atoms with Gasteiger partial charge in [-0.15, -0.1) is 0 Å². The molecule has 2 aliphatic rings. The van der Waals surface area contributed by atoms with Crippen LogP contribution in [-0.2, 0) is 0 Å². The third-order valence-electron chi connectivity index (χ3n) is 4.37. The Balaban J connectivity index is 0.000000956. The lowest BCUT2D eigenvalue weighted by atomic mass is 9.99. The molecule has 0 aliphatic carbocycles. The van der Waals surface area contributed by atoms with E-state index in [9.17, 15) is 4.79 Å². The van der Waals surface area contributed by atoms with Crippen LogP contribution < -0.4 is 0 Å². The molecule has 0 aromatic heterocycles. The van der Waals surface area contributed by atoms with Crippen LogP contribution in [0, 0.1) is 5.92 Å². The second kappa shape index (κ2) is 8.50. The third kappa shape index (κ3) is 4.65. The molecule has 2 heterocycles. The molecule has 0 unspecified atom stereocenters. The monoisotopic (exact) mass is 283 g/mol. The van der Waals surface area contributed by atoms with Gasteiger partial charge >= 0.3 is 6.03 Å². The molecule has 118 valence electrons. The maximum absolute atomic E-state index is 12.4. The maximum Gasteiger partial charge on any atom is 0.320 e. The van der Waals surface area contributed by atoms with E-state index in [1.54, 1.807) is 0 Å². The van der Waals surface area contributed by atoms with Gasteiger partial charge in [-0.25, -0.2) is 4.79 Å². The van der Waals surface area contributed by atoms with E-state index >= 15 is 0 Å². The molecule has 0 bridgehead atoms. The number of piperidine rings is 1. The quantitative estimate of drug-likeness (QED) is 0.740. The fourth-order valence-electron chi connectivity index (χ4n) is 2.83. The van der Waals surface area contributed by atoms with E-state index < -0.39 is 0 Å². The van der Waals surface area contributed by atoms with Crippen LogP contribution in [0.15, 0.2) is 0 Å². The number of likely N-dealkylation sites (tertiary alicyclic amines) is 1. The van der Waals surface area contributed by atoms with E-state index in [1.165, 1.54) is 0 Å². The molecular weight excluding hydrogens is 250 g/mol. The van der Waals surface area contributed by atoms with Crippen molar-refractivity contribution in [1.29, 1.82) is 0 Å². The van der Waals surface area contributed by atoms with Gasteiger partial charge in [0.05, 0.1) is 0 Å². The SMILES string of the molecule is CC.CC1CCN(C(=O)N2CCN(C(C)C)CC2)CC1. The molecule has 2 amide bonds. The highest BCUT2D eigenvalue weighted by molar-refractivity contribution is 5.74. The number of hydrogen-bond acceptors (Lipinski definition) is 2. The minimum Gasteiger partial charge on any atom is -0.325 e. The Bertz CT molecular complexity index is 277. The maximum atomic E-state index is 12.4. The standard InChI is InChI=1S/C14H27N3O.C2H6/c1-12(2)15-8-10-17(11-9-15)14(18)16-6-4-13(3)5-7-16;1-2/h12-13H,4-11H2,1-3H3;1-2H3. The van der Waals surface area contributed by atoms with Crippen molar-refractivity contribution < 1.29 is 4.79 Å². The van der Waals surface area contributed by atoms with Crippen molar-refractivity contribution in [2.24, 2.45) is 5.92 Å². The zero-order valence-corrected chi connectivity index (χ0v) is 14.1. The largest absolute Gasteiger partial charge is 0.325 e. The average molecular weight is 283 g/mol. The Labute approximate surface area is 125 Å². The van der Waals surface area contributed by atoms with Crippen molar-refractivity contribution in [3.8, 4) is 0 Å². The minimum atomic E-state index is 0.269. The van der Waals surface area contributed by atoms with Gasteiger partial charge in [-0.05, 0) is 32.6 Å². The van der Waals surface area contributed by atoms with Crippen LogP contribution in [0.4, 0.5) is 4.79 Å². The first-order valence-corrected chi connectivity index (χ1v) is 8.36. The summed E-state index contributed by atoms with van der Waals surface area (Å²) >= 11 is 0. The third-order valence-corrected chi connectivity index (χ3v) is 4.37. The summed E-state index contributed by atoms with van der Waals surface area (Å²) in [6.45, 7) is 16.5. The highest BCUT2D eigenvalue weighted by atomic mass is 16.2. The van der Waals surface area contributed by atoms with Crippen LogP contribution in [0.3, 0.4) is 0 Å². The summed E-state index contributed by atoms with van der Waals surface area (Å²) in [6.07, 6.45) is 2.33. The number of carbonyl (C=O) groups excluding carboxylic acids is 1. The Hall–Kier alpha value is -0.770. The number of nitrogens with zero attached hydrogens (tertiary/aromatic N) is 3. The topological polar surface area (TPSA) is 26.8 Å².